The Kier molecular flexibility index (Phi) is 3.70. The van der Waals surface area contributed by atoms with Gasteiger partial charge in [-0.15, -0.1) is 0 Å². The fourth-order valence-corrected chi connectivity index (χ4v) is 2.56. The Balaban J connectivity index is 1.81. The van der Waals surface area contributed by atoms with Gasteiger partial charge in [0.1, 0.15) is 5.82 Å². The van der Waals surface area contributed by atoms with Crippen LogP contribution in [0.25, 0.3) is 10.8 Å². The molecule has 100 valence electrons. The normalized spacial score (nSPS) is 10.7. The largest absolute Gasteiger partial charge is 0.381 e. The molecule has 0 unspecified atom stereocenters. The SMILES string of the molecule is Fc1ccc(Br)c(CNc2ccc3ccccc3c2)c1. The van der Waals surface area contributed by atoms with Crippen molar-refractivity contribution in [2.24, 2.45) is 0 Å². The topological polar surface area (TPSA) is 12.0 Å². The number of anilines is 1. The quantitative estimate of drug-likeness (QED) is 0.682. The van der Waals surface area contributed by atoms with Gasteiger partial charge in [-0.05, 0) is 46.7 Å². The van der Waals surface area contributed by atoms with Crippen LogP contribution in [0.15, 0.2) is 65.1 Å². The first-order valence-electron chi connectivity index (χ1n) is 6.39. The van der Waals surface area contributed by atoms with Gasteiger partial charge in [0.2, 0.25) is 0 Å². The average Bonchev–Trinajstić information content (AvgIpc) is 2.48. The van der Waals surface area contributed by atoms with Crippen molar-refractivity contribution < 1.29 is 4.39 Å². The Morgan fingerprint density at radius 3 is 2.55 bits per heavy atom. The molecule has 0 spiro atoms. The van der Waals surface area contributed by atoms with Crippen LogP contribution in [-0.2, 0) is 6.54 Å². The second-order valence-electron chi connectivity index (χ2n) is 4.65. The van der Waals surface area contributed by atoms with Crippen LogP contribution in [0, 0.1) is 5.82 Å². The van der Waals surface area contributed by atoms with E-state index in [0.717, 1.165) is 15.7 Å². The first kappa shape index (κ1) is 13.1. The van der Waals surface area contributed by atoms with Crippen molar-refractivity contribution in [1.29, 1.82) is 0 Å². The molecule has 0 aliphatic rings. The van der Waals surface area contributed by atoms with Gasteiger partial charge in [-0.25, -0.2) is 4.39 Å². The van der Waals surface area contributed by atoms with E-state index in [0.29, 0.717) is 6.54 Å². The van der Waals surface area contributed by atoms with Crippen LogP contribution in [0.4, 0.5) is 10.1 Å². The van der Waals surface area contributed by atoms with Crippen molar-refractivity contribution >= 4 is 32.4 Å². The van der Waals surface area contributed by atoms with Gasteiger partial charge in [-0.1, -0.05) is 46.3 Å². The van der Waals surface area contributed by atoms with Crippen LogP contribution in [0.1, 0.15) is 5.56 Å². The monoisotopic (exact) mass is 329 g/mol. The molecule has 0 heterocycles. The van der Waals surface area contributed by atoms with Gasteiger partial charge in [0.15, 0.2) is 0 Å². The van der Waals surface area contributed by atoms with Gasteiger partial charge in [0, 0.05) is 16.7 Å². The van der Waals surface area contributed by atoms with Crippen LogP contribution in [0.5, 0.6) is 0 Å². The van der Waals surface area contributed by atoms with Gasteiger partial charge >= 0.3 is 0 Å². The summed E-state index contributed by atoms with van der Waals surface area (Å²) in [6.45, 7) is 0.580. The number of halogens is 2. The van der Waals surface area contributed by atoms with Gasteiger partial charge in [-0.2, -0.15) is 0 Å². The van der Waals surface area contributed by atoms with E-state index in [2.05, 4.69) is 45.5 Å². The molecule has 3 aromatic rings. The molecule has 3 heteroatoms. The first-order chi connectivity index (χ1) is 9.72. The zero-order valence-corrected chi connectivity index (χ0v) is 12.3. The van der Waals surface area contributed by atoms with Gasteiger partial charge in [0.05, 0.1) is 0 Å². The standard InChI is InChI=1S/C17H13BrFN/c18-17-8-6-15(19)9-14(17)11-20-16-7-5-12-3-1-2-4-13(12)10-16/h1-10,20H,11H2. The molecule has 3 aromatic carbocycles. The highest BCUT2D eigenvalue weighted by atomic mass is 79.9. The summed E-state index contributed by atoms with van der Waals surface area (Å²) in [4.78, 5) is 0. The molecule has 0 radical (unpaired) electrons. The van der Waals surface area contributed by atoms with Gasteiger partial charge < -0.3 is 5.32 Å². The summed E-state index contributed by atoms with van der Waals surface area (Å²) >= 11 is 3.44. The molecule has 0 saturated heterocycles. The Morgan fingerprint density at radius 1 is 0.900 bits per heavy atom. The predicted molar refractivity (Wildman–Crippen MR) is 85.4 cm³/mol. The summed E-state index contributed by atoms with van der Waals surface area (Å²) < 4.78 is 14.1. The highest BCUT2D eigenvalue weighted by Crippen LogP contribution is 2.22. The predicted octanol–water partition coefficient (Wildman–Crippen LogP) is 5.35. The van der Waals surface area contributed by atoms with E-state index in [-0.39, 0.29) is 5.82 Å². The molecular formula is C17H13BrFN. The second kappa shape index (κ2) is 5.63. The lowest BCUT2D eigenvalue weighted by Crippen LogP contribution is -2.00. The van der Waals surface area contributed by atoms with E-state index >= 15 is 0 Å². The third-order valence-corrected chi connectivity index (χ3v) is 4.01. The molecule has 0 aliphatic heterocycles. The lowest BCUT2D eigenvalue weighted by Gasteiger charge is -2.09. The van der Waals surface area contributed by atoms with E-state index < -0.39 is 0 Å². The number of benzene rings is 3. The molecule has 20 heavy (non-hydrogen) atoms. The van der Waals surface area contributed by atoms with Crippen molar-refractivity contribution in [2.45, 2.75) is 6.54 Å². The maximum absolute atomic E-state index is 13.2. The zero-order chi connectivity index (χ0) is 13.9. The summed E-state index contributed by atoms with van der Waals surface area (Å²) in [6.07, 6.45) is 0. The minimum Gasteiger partial charge on any atom is -0.381 e. The van der Waals surface area contributed by atoms with E-state index in [1.165, 1.54) is 22.9 Å². The number of rotatable bonds is 3. The molecule has 0 fully saturated rings. The summed E-state index contributed by atoms with van der Waals surface area (Å²) in [7, 11) is 0. The highest BCUT2D eigenvalue weighted by Gasteiger charge is 2.02. The molecule has 0 aromatic heterocycles. The first-order valence-corrected chi connectivity index (χ1v) is 7.18. The molecular weight excluding hydrogens is 317 g/mol. The van der Waals surface area contributed by atoms with E-state index in [1.54, 1.807) is 6.07 Å². The lowest BCUT2D eigenvalue weighted by atomic mass is 10.1. The van der Waals surface area contributed by atoms with Crippen molar-refractivity contribution in [3.8, 4) is 0 Å². The molecule has 0 atom stereocenters. The zero-order valence-electron chi connectivity index (χ0n) is 10.7. The minimum absolute atomic E-state index is 0.219. The van der Waals surface area contributed by atoms with E-state index in [1.807, 2.05) is 18.2 Å². The molecule has 0 bridgehead atoms. The Labute approximate surface area is 125 Å². The number of hydrogen-bond acceptors (Lipinski definition) is 1. The molecule has 1 N–H and O–H groups in total. The highest BCUT2D eigenvalue weighted by molar-refractivity contribution is 9.10. The van der Waals surface area contributed by atoms with E-state index in [4.69, 9.17) is 0 Å². The van der Waals surface area contributed by atoms with Crippen molar-refractivity contribution in [1.82, 2.24) is 0 Å². The Morgan fingerprint density at radius 2 is 1.70 bits per heavy atom. The summed E-state index contributed by atoms with van der Waals surface area (Å²) in [5.74, 6) is -0.219. The Bertz CT molecular complexity index is 755. The van der Waals surface area contributed by atoms with Crippen LogP contribution < -0.4 is 5.32 Å². The van der Waals surface area contributed by atoms with Crippen LogP contribution >= 0.6 is 15.9 Å². The number of fused-ring (bicyclic) bond motifs is 1. The maximum atomic E-state index is 13.2. The van der Waals surface area contributed by atoms with Gasteiger partial charge in [-0.3, -0.25) is 0 Å². The van der Waals surface area contributed by atoms with Crippen LogP contribution in [-0.4, -0.2) is 0 Å². The van der Waals surface area contributed by atoms with Crippen LogP contribution in [0.2, 0.25) is 0 Å². The van der Waals surface area contributed by atoms with Crippen molar-refractivity contribution in [3.05, 3.63) is 76.5 Å². The molecule has 0 saturated carbocycles. The molecule has 0 aliphatic carbocycles. The average molecular weight is 330 g/mol. The summed E-state index contributed by atoms with van der Waals surface area (Å²) in [6, 6.07) is 19.2. The molecule has 3 rings (SSSR count). The molecule has 0 amide bonds. The number of nitrogens with one attached hydrogen (secondary N) is 1. The summed E-state index contributed by atoms with van der Waals surface area (Å²) in [5, 5.41) is 5.73. The fraction of sp³-hybridized carbons (Fsp3) is 0.0588. The summed E-state index contributed by atoms with van der Waals surface area (Å²) in [5.41, 5.74) is 1.93. The minimum atomic E-state index is -0.219. The Hall–Kier alpha value is -1.87. The van der Waals surface area contributed by atoms with Crippen molar-refractivity contribution in [2.75, 3.05) is 5.32 Å². The third-order valence-electron chi connectivity index (χ3n) is 3.24. The second-order valence-corrected chi connectivity index (χ2v) is 5.51. The molecule has 1 nitrogen and oxygen atoms in total. The fourth-order valence-electron chi connectivity index (χ4n) is 2.18. The van der Waals surface area contributed by atoms with E-state index in [9.17, 15) is 4.39 Å². The number of hydrogen-bond donors (Lipinski definition) is 1. The van der Waals surface area contributed by atoms with Crippen molar-refractivity contribution in [3.63, 3.8) is 0 Å². The van der Waals surface area contributed by atoms with Crippen LogP contribution in [0.3, 0.4) is 0 Å². The lowest BCUT2D eigenvalue weighted by molar-refractivity contribution is 0.625. The van der Waals surface area contributed by atoms with Gasteiger partial charge in [0.25, 0.3) is 0 Å². The smallest absolute Gasteiger partial charge is 0.123 e. The maximum Gasteiger partial charge on any atom is 0.123 e. The third kappa shape index (κ3) is 2.83.